The zero-order valence-electron chi connectivity index (χ0n) is 13.0. The minimum atomic E-state index is 0.126. The third kappa shape index (κ3) is 3.84. The molecule has 0 aliphatic heterocycles. The Morgan fingerprint density at radius 3 is 2.48 bits per heavy atom. The molecule has 0 aromatic carbocycles. The summed E-state index contributed by atoms with van der Waals surface area (Å²) in [6.07, 6.45) is 9.53. The van der Waals surface area contributed by atoms with Crippen LogP contribution in [0.5, 0.6) is 0 Å². The number of carbonyl (C=O) groups excluding carboxylic acids is 1. The molecule has 114 valence electrons. The zero-order valence-corrected chi connectivity index (χ0v) is 13.0. The lowest BCUT2D eigenvalue weighted by Crippen LogP contribution is -2.35. The summed E-state index contributed by atoms with van der Waals surface area (Å²) in [6, 6.07) is 6.25. The van der Waals surface area contributed by atoms with Crippen molar-refractivity contribution in [3.8, 4) is 0 Å². The minimum absolute atomic E-state index is 0.126. The minimum Gasteiger partial charge on any atom is -0.347 e. The van der Waals surface area contributed by atoms with Gasteiger partial charge in [-0.25, -0.2) is 0 Å². The van der Waals surface area contributed by atoms with Crippen molar-refractivity contribution < 1.29 is 4.79 Å². The van der Waals surface area contributed by atoms with Gasteiger partial charge in [0.15, 0.2) is 0 Å². The second-order valence-electron chi connectivity index (χ2n) is 6.72. The molecule has 1 aromatic heterocycles. The molecule has 1 unspecified atom stereocenters. The number of rotatable bonds is 4. The van der Waals surface area contributed by atoms with Crippen LogP contribution in [0.4, 0.5) is 0 Å². The quantitative estimate of drug-likeness (QED) is 0.852. The highest BCUT2D eigenvalue weighted by Crippen LogP contribution is 2.40. The van der Waals surface area contributed by atoms with Gasteiger partial charge in [0.25, 0.3) is 0 Å². The number of aryl methyl sites for hydroxylation is 1. The number of pyridine rings is 1. The van der Waals surface area contributed by atoms with Crippen LogP contribution in [0.2, 0.25) is 0 Å². The Morgan fingerprint density at radius 1 is 1.14 bits per heavy atom. The number of hydrogen-bond donors (Lipinski definition) is 1. The Kier molecular flexibility index (Phi) is 4.57. The molecule has 2 aliphatic carbocycles. The number of aromatic nitrogens is 1. The Bertz CT molecular complexity index is 488. The summed E-state index contributed by atoms with van der Waals surface area (Å²) in [5, 5.41) is 3.32. The lowest BCUT2D eigenvalue weighted by Gasteiger charge is -2.22. The Balaban J connectivity index is 1.68. The van der Waals surface area contributed by atoms with Gasteiger partial charge < -0.3 is 5.32 Å². The van der Waals surface area contributed by atoms with E-state index >= 15 is 0 Å². The Morgan fingerprint density at radius 2 is 1.86 bits per heavy atom. The summed E-state index contributed by atoms with van der Waals surface area (Å²) in [4.78, 5) is 17.2. The largest absolute Gasteiger partial charge is 0.347 e. The van der Waals surface area contributed by atoms with Crippen LogP contribution in [0.1, 0.15) is 68.8 Å². The first-order chi connectivity index (χ1) is 10.2. The summed E-state index contributed by atoms with van der Waals surface area (Å²) < 4.78 is 0. The van der Waals surface area contributed by atoms with Gasteiger partial charge in [-0.2, -0.15) is 0 Å². The van der Waals surface area contributed by atoms with Crippen LogP contribution in [-0.4, -0.2) is 10.9 Å². The standard InChI is InChI=1S/C18H26N2O/c1-13-7-6-10-16(19-13)17(14-11-12-14)20-18(21)15-8-4-2-3-5-9-15/h6-7,10,14-15,17H,2-5,8-9,11-12H2,1H3,(H,20,21). The molecule has 0 saturated heterocycles. The van der Waals surface area contributed by atoms with E-state index in [1.807, 2.05) is 19.1 Å². The average molecular weight is 286 g/mol. The second kappa shape index (κ2) is 6.59. The second-order valence-corrected chi connectivity index (χ2v) is 6.72. The number of nitrogens with one attached hydrogen (secondary N) is 1. The van der Waals surface area contributed by atoms with Crippen molar-refractivity contribution in [2.45, 2.75) is 64.3 Å². The average Bonchev–Trinajstić information content (AvgIpc) is 3.30. The van der Waals surface area contributed by atoms with Crippen molar-refractivity contribution in [3.05, 3.63) is 29.6 Å². The van der Waals surface area contributed by atoms with Crippen LogP contribution in [0, 0.1) is 18.8 Å². The van der Waals surface area contributed by atoms with Gasteiger partial charge >= 0.3 is 0 Å². The molecule has 2 aliphatic rings. The predicted octanol–water partition coefficient (Wildman–Crippen LogP) is 3.93. The van der Waals surface area contributed by atoms with Crippen molar-refractivity contribution in [3.63, 3.8) is 0 Å². The normalized spacial score (nSPS) is 21.6. The fraction of sp³-hybridized carbons (Fsp3) is 0.667. The maximum atomic E-state index is 12.6. The third-order valence-electron chi connectivity index (χ3n) is 4.85. The van der Waals surface area contributed by atoms with Gasteiger partial charge in [-0.1, -0.05) is 31.7 Å². The van der Waals surface area contributed by atoms with E-state index in [4.69, 9.17) is 0 Å². The van der Waals surface area contributed by atoms with Crippen molar-refractivity contribution in [1.82, 2.24) is 10.3 Å². The van der Waals surface area contributed by atoms with Crippen LogP contribution >= 0.6 is 0 Å². The monoisotopic (exact) mass is 286 g/mol. The molecule has 1 aromatic rings. The molecule has 3 heteroatoms. The molecule has 3 nitrogen and oxygen atoms in total. The molecular formula is C18H26N2O. The van der Waals surface area contributed by atoms with Crippen molar-refractivity contribution in [1.29, 1.82) is 0 Å². The van der Waals surface area contributed by atoms with E-state index in [1.165, 1.54) is 38.5 Å². The van der Waals surface area contributed by atoms with Gasteiger partial charge in [0.2, 0.25) is 5.91 Å². The maximum Gasteiger partial charge on any atom is 0.223 e. The highest BCUT2D eigenvalue weighted by molar-refractivity contribution is 5.79. The molecule has 2 saturated carbocycles. The fourth-order valence-corrected chi connectivity index (χ4v) is 3.41. The highest BCUT2D eigenvalue weighted by atomic mass is 16.1. The van der Waals surface area contributed by atoms with Crippen LogP contribution in [0.25, 0.3) is 0 Å². The number of carbonyl (C=O) groups is 1. The molecule has 2 fully saturated rings. The van der Waals surface area contributed by atoms with Gasteiger partial charge in [-0.3, -0.25) is 9.78 Å². The van der Waals surface area contributed by atoms with Gasteiger partial charge in [0.1, 0.15) is 0 Å². The molecule has 0 radical (unpaired) electrons. The summed E-state index contributed by atoms with van der Waals surface area (Å²) in [6.45, 7) is 2.01. The van der Waals surface area contributed by atoms with E-state index in [0.717, 1.165) is 24.2 Å². The fourth-order valence-electron chi connectivity index (χ4n) is 3.41. The van der Waals surface area contributed by atoms with Crippen molar-refractivity contribution in [2.75, 3.05) is 0 Å². The first-order valence-corrected chi connectivity index (χ1v) is 8.48. The molecule has 0 spiro atoms. The zero-order chi connectivity index (χ0) is 14.7. The van der Waals surface area contributed by atoms with Crippen LogP contribution < -0.4 is 5.32 Å². The SMILES string of the molecule is Cc1cccc(C(NC(=O)C2CCCCCC2)C2CC2)n1. The van der Waals surface area contributed by atoms with E-state index < -0.39 is 0 Å². The summed E-state index contributed by atoms with van der Waals surface area (Å²) >= 11 is 0. The smallest absolute Gasteiger partial charge is 0.223 e. The molecular weight excluding hydrogens is 260 g/mol. The van der Waals surface area contributed by atoms with E-state index in [2.05, 4.69) is 16.4 Å². The lowest BCUT2D eigenvalue weighted by molar-refractivity contribution is -0.126. The van der Waals surface area contributed by atoms with E-state index in [1.54, 1.807) is 0 Å². The lowest BCUT2D eigenvalue weighted by atomic mass is 9.98. The summed E-state index contributed by atoms with van der Waals surface area (Å²) in [7, 11) is 0. The summed E-state index contributed by atoms with van der Waals surface area (Å²) in [5.41, 5.74) is 2.07. The van der Waals surface area contributed by atoms with Gasteiger partial charge in [-0.15, -0.1) is 0 Å². The Labute approximate surface area is 127 Å². The van der Waals surface area contributed by atoms with Crippen LogP contribution in [0.15, 0.2) is 18.2 Å². The molecule has 1 heterocycles. The number of amides is 1. The molecule has 21 heavy (non-hydrogen) atoms. The molecule has 1 atom stereocenters. The van der Waals surface area contributed by atoms with E-state index in [9.17, 15) is 4.79 Å². The van der Waals surface area contributed by atoms with Crippen molar-refractivity contribution in [2.24, 2.45) is 11.8 Å². The first-order valence-electron chi connectivity index (χ1n) is 8.48. The number of hydrogen-bond acceptors (Lipinski definition) is 2. The van der Waals surface area contributed by atoms with Gasteiger partial charge in [0, 0.05) is 11.6 Å². The highest BCUT2D eigenvalue weighted by Gasteiger charge is 2.35. The van der Waals surface area contributed by atoms with Crippen LogP contribution in [-0.2, 0) is 4.79 Å². The number of nitrogens with zero attached hydrogens (tertiary/aromatic N) is 1. The predicted molar refractivity (Wildman–Crippen MR) is 83.8 cm³/mol. The van der Waals surface area contributed by atoms with Crippen LogP contribution in [0.3, 0.4) is 0 Å². The Hall–Kier alpha value is -1.38. The van der Waals surface area contributed by atoms with E-state index in [0.29, 0.717) is 5.92 Å². The third-order valence-corrected chi connectivity index (χ3v) is 4.85. The molecule has 3 rings (SSSR count). The maximum absolute atomic E-state index is 12.6. The van der Waals surface area contributed by atoms with Crippen molar-refractivity contribution >= 4 is 5.91 Å². The molecule has 1 N–H and O–H groups in total. The topological polar surface area (TPSA) is 42.0 Å². The first kappa shape index (κ1) is 14.6. The molecule has 1 amide bonds. The van der Waals surface area contributed by atoms with Gasteiger partial charge in [0.05, 0.1) is 11.7 Å². The van der Waals surface area contributed by atoms with E-state index in [-0.39, 0.29) is 17.9 Å². The molecule has 0 bridgehead atoms. The van der Waals surface area contributed by atoms with Gasteiger partial charge in [-0.05, 0) is 50.7 Å². The summed E-state index contributed by atoms with van der Waals surface area (Å²) in [5.74, 6) is 1.07.